The van der Waals surface area contributed by atoms with E-state index in [1.165, 1.54) is 6.92 Å². The molecule has 1 fully saturated rings. The van der Waals surface area contributed by atoms with Gasteiger partial charge in [-0.1, -0.05) is 11.6 Å². The molecule has 0 unspecified atom stereocenters. The molecular formula is C22H21ClN4O3. The number of halogens is 1. The zero-order valence-electron chi connectivity index (χ0n) is 16.4. The van der Waals surface area contributed by atoms with Crippen LogP contribution in [0, 0.1) is 0 Å². The van der Waals surface area contributed by atoms with E-state index in [1.54, 1.807) is 24.3 Å². The third kappa shape index (κ3) is 4.16. The predicted molar refractivity (Wildman–Crippen MR) is 119 cm³/mol. The highest BCUT2D eigenvalue weighted by atomic mass is 35.5. The van der Waals surface area contributed by atoms with Crippen LogP contribution in [0.3, 0.4) is 0 Å². The van der Waals surface area contributed by atoms with E-state index in [4.69, 9.17) is 11.6 Å². The minimum absolute atomic E-state index is 0.169. The van der Waals surface area contributed by atoms with E-state index >= 15 is 0 Å². The molecule has 0 radical (unpaired) electrons. The van der Waals surface area contributed by atoms with E-state index in [0.717, 1.165) is 31.9 Å². The molecule has 0 spiro atoms. The van der Waals surface area contributed by atoms with Gasteiger partial charge in [-0.05, 0) is 48.5 Å². The molecule has 1 saturated heterocycles. The maximum absolute atomic E-state index is 11.9. The molecule has 8 heteroatoms. The van der Waals surface area contributed by atoms with Gasteiger partial charge in [0.2, 0.25) is 5.91 Å². The lowest BCUT2D eigenvalue weighted by Crippen LogP contribution is -2.46. The van der Waals surface area contributed by atoms with Gasteiger partial charge in [0.25, 0.3) is 0 Å². The number of carboxylic acid groups (broad SMARTS) is 1. The Morgan fingerprint density at radius 2 is 1.67 bits per heavy atom. The van der Waals surface area contributed by atoms with Crippen molar-refractivity contribution in [3.05, 3.63) is 59.1 Å². The largest absolute Gasteiger partial charge is 0.478 e. The highest BCUT2D eigenvalue weighted by Gasteiger charge is 2.21. The number of pyridine rings is 1. The number of anilines is 3. The molecule has 0 aliphatic carbocycles. The molecule has 4 rings (SSSR count). The molecule has 154 valence electrons. The zero-order valence-corrected chi connectivity index (χ0v) is 17.2. The highest BCUT2D eigenvalue weighted by molar-refractivity contribution is 6.30. The SMILES string of the molecule is CC(=O)Nc1ccc2nc(N3CCN(c4ccc(Cl)cc4)CC3)cc(C(=O)O)c2c1. The zero-order chi connectivity index (χ0) is 21.3. The second-order valence-corrected chi connectivity index (χ2v) is 7.63. The monoisotopic (exact) mass is 424 g/mol. The number of nitrogens with zero attached hydrogens (tertiary/aromatic N) is 3. The van der Waals surface area contributed by atoms with Crippen LogP contribution in [0.4, 0.5) is 17.2 Å². The maximum Gasteiger partial charge on any atom is 0.336 e. The number of benzene rings is 2. The molecule has 3 aromatic rings. The number of carbonyl (C=O) groups is 2. The smallest absolute Gasteiger partial charge is 0.336 e. The average molecular weight is 425 g/mol. The molecule has 1 aromatic heterocycles. The van der Waals surface area contributed by atoms with E-state index in [-0.39, 0.29) is 11.5 Å². The topological polar surface area (TPSA) is 85.8 Å². The van der Waals surface area contributed by atoms with Crippen LogP contribution in [0.15, 0.2) is 48.5 Å². The normalized spacial score (nSPS) is 14.1. The first kappa shape index (κ1) is 20.0. The van der Waals surface area contributed by atoms with Gasteiger partial charge in [0.05, 0.1) is 11.1 Å². The number of fused-ring (bicyclic) bond motifs is 1. The van der Waals surface area contributed by atoms with Gasteiger partial charge in [-0.3, -0.25) is 4.79 Å². The summed E-state index contributed by atoms with van der Waals surface area (Å²) < 4.78 is 0. The Hall–Kier alpha value is -3.32. The van der Waals surface area contributed by atoms with Crippen LogP contribution in [0.25, 0.3) is 10.9 Å². The van der Waals surface area contributed by atoms with Crippen molar-refractivity contribution in [1.82, 2.24) is 4.98 Å². The van der Waals surface area contributed by atoms with Gasteiger partial charge in [-0.2, -0.15) is 0 Å². The van der Waals surface area contributed by atoms with Gasteiger partial charge in [-0.15, -0.1) is 0 Å². The summed E-state index contributed by atoms with van der Waals surface area (Å²) in [4.78, 5) is 32.3. The number of carboxylic acids is 1. The Labute approximate surface area is 178 Å². The molecule has 1 aliphatic heterocycles. The number of aromatic carboxylic acids is 1. The van der Waals surface area contributed by atoms with Crippen molar-refractivity contribution in [2.45, 2.75) is 6.92 Å². The highest BCUT2D eigenvalue weighted by Crippen LogP contribution is 2.27. The van der Waals surface area contributed by atoms with E-state index in [0.29, 0.717) is 27.4 Å². The molecule has 7 nitrogen and oxygen atoms in total. The summed E-state index contributed by atoms with van der Waals surface area (Å²) in [5, 5.41) is 13.6. The van der Waals surface area contributed by atoms with Gasteiger partial charge in [0, 0.05) is 54.9 Å². The number of carbonyl (C=O) groups excluding carboxylic acids is 1. The summed E-state index contributed by atoms with van der Waals surface area (Å²) in [5.74, 6) is -0.597. The standard InChI is InChI=1S/C22H21ClN4O3/c1-14(28)24-16-4-7-20-18(12-16)19(22(29)30)13-21(25-20)27-10-8-26(9-11-27)17-5-2-15(23)3-6-17/h2-7,12-13H,8-11H2,1H3,(H,24,28)(H,29,30). The molecule has 0 bridgehead atoms. The quantitative estimate of drug-likeness (QED) is 0.661. The molecule has 2 heterocycles. The average Bonchev–Trinajstić information content (AvgIpc) is 2.73. The van der Waals surface area contributed by atoms with Crippen molar-refractivity contribution in [2.24, 2.45) is 0 Å². The first-order chi connectivity index (χ1) is 14.4. The number of nitrogens with one attached hydrogen (secondary N) is 1. The maximum atomic E-state index is 11.9. The second kappa shape index (κ2) is 8.20. The first-order valence-electron chi connectivity index (χ1n) is 9.62. The summed E-state index contributed by atoms with van der Waals surface area (Å²) >= 11 is 5.97. The second-order valence-electron chi connectivity index (χ2n) is 7.20. The number of aromatic nitrogens is 1. The number of amides is 1. The third-order valence-corrected chi connectivity index (χ3v) is 5.39. The summed E-state index contributed by atoms with van der Waals surface area (Å²) in [6, 6.07) is 14.5. The van der Waals surface area contributed by atoms with Crippen LogP contribution in [0.5, 0.6) is 0 Å². The summed E-state index contributed by atoms with van der Waals surface area (Å²) in [6.45, 7) is 4.46. The lowest BCUT2D eigenvalue weighted by molar-refractivity contribution is -0.114. The van der Waals surface area contributed by atoms with Crippen molar-refractivity contribution < 1.29 is 14.7 Å². The summed E-state index contributed by atoms with van der Waals surface area (Å²) in [5.41, 5.74) is 2.41. The van der Waals surface area contributed by atoms with Crippen LogP contribution in [0.2, 0.25) is 5.02 Å². The van der Waals surface area contributed by atoms with E-state index in [1.807, 2.05) is 24.3 Å². The third-order valence-electron chi connectivity index (χ3n) is 5.14. The van der Waals surface area contributed by atoms with Crippen LogP contribution in [0.1, 0.15) is 17.3 Å². The van der Waals surface area contributed by atoms with Crippen LogP contribution in [-0.2, 0) is 4.79 Å². The van der Waals surface area contributed by atoms with Crippen molar-refractivity contribution in [3.8, 4) is 0 Å². The molecule has 2 N–H and O–H groups in total. The Kier molecular flexibility index (Phi) is 5.46. The molecule has 1 aliphatic rings. The van der Waals surface area contributed by atoms with Gasteiger partial charge < -0.3 is 20.2 Å². The van der Waals surface area contributed by atoms with Crippen LogP contribution in [-0.4, -0.2) is 48.1 Å². The Balaban J connectivity index is 1.59. The van der Waals surface area contributed by atoms with Crippen molar-refractivity contribution >= 4 is 51.6 Å². The van der Waals surface area contributed by atoms with Crippen molar-refractivity contribution in [3.63, 3.8) is 0 Å². The van der Waals surface area contributed by atoms with Crippen molar-refractivity contribution in [2.75, 3.05) is 41.3 Å². The number of hydrogen-bond acceptors (Lipinski definition) is 5. The number of piperazine rings is 1. The van der Waals surface area contributed by atoms with Crippen LogP contribution < -0.4 is 15.1 Å². The predicted octanol–water partition coefficient (Wildman–Crippen LogP) is 3.87. The minimum atomic E-state index is -1.02. The fourth-order valence-electron chi connectivity index (χ4n) is 3.68. The summed E-state index contributed by atoms with van der Waals surface area (Å²) in [7, 11) is 0. The fraction of sp³-hybridized carbons (Fsp3) is 0.227. The molecular weight excluding hydrogens is 404 g/mol. The number of rotatable bonds is 4. The lowest BCUT2D eigenvalue weighted by atomic mass is 10.1. The van der Waals surface area contributed by atoms with Gasteiger partial charge >= 0.3 is 5.97 Å². The molecule has 0 atom stereocenters. The van der Waals surface area contributed by atoms with E-state index < -0.39 is 5.97 Å². The Morgan fingerprint density at radius 1 is 1.00 bits per heavy atom. The van der Waals surface area contributed by atoms with Gasteiger partial charge in [-0.25, -0.2) is 9.78 Å². The van der Waals surface area contributed by atoms with Crippen molar-refractivity contribution in [1.29, 1.82) is 0 Å². The van der Waals surface area contributed by atoms with E-state index in [2.05, 4.69) is 20.1 Å². The summed E-state index contributed by atoms with van der Waals surface area (Å²) in [6.07, 6.45) is 0. The molecule has 1 amide bonds. The van der Waals surface area contributed by atoms with E-state index in [9.17, 15) is 14.7 Å². The fourth-order valence-corrected chi connectivity index (χ4v) is 3.80. The number of hydrogen-bond donors (Lipinski definition) is 2. The van der Waals surface area contributed by atoms with Gasteiger partial charge in [0.15, 0.2) is 0 Å². The minimum Gasteiger partial charge on any atom is -0.478 e. The van der Waals surface area contributed by atoms with Crippen LogP contribution >= 0.6 is 11.6 Å². The molecule has 0 saturated carbocycles. The lowest BCUT2D eigenvalue weighted by Gasteiger charge is -2.37. The van der Waals surface area contributed by atoms with Gasteiger partial charge in [0.1, 0.15) is 5.82 Å². The molecule has 30 heavy (non-hydrogen) atoms. The molecule has 2 aromatic carbocycles. The Bertz CT molecular complexity index is 1110. The first-order valence-corrected chi connectivity index (χ1v) is 9.99. The Morgan fingerprint density at radius 3 is 2.30 bits per heavy atom.